The Bertz CT molecular complexity index is 1780. The number of urea groups is 1. The third-order valence-corrected chi connectivity index (χ3v) is 8.77. The van der Waals surface area contributed by atoms with Crippen LogP contribution in [0.15, 0.2) is 109 Å². The molecule has 0 spiro atoms. The highest BCUT2D eigenvalue weighted by atomic mass is 16.3. The maximum absolute atomic E-state index is 15.0. The van der Waals surface area contributed by atoms with Crippen molar-refractivity contribution in [1.29, 1.82) is 0 Å². The summed E-state index contributed by atoms with van der Waals surface area (Å²) in [7, 11) is 0. The Morgan fingerprint density at radius 2 is 0.979 bits per heavy atom. The Labute approximate surface area is 276 Å². The molecule has 2 aromatic heterocycles. The number of hydrogen-bond donors (Lipinski definition) is 4. The molecule has 7 rings (SSSR count). The molecule has 2 amide bonds. The lowest BCUT2D eigenvalue weighted by atomic mass is 9.90. The molecule has 0 unspecified atom stereocenters. The number of aromatic nitrogens is 8. The molecule has 48 heavy (non-hydrogen) atoms. The van der Waals surface area contributed by atoms with E-state index in [1.807, 2.05) is 109 Å². The maximum atomic E-state index is 15.0. The third kappa shape index (κ3) is 6.68. The van der Waals surface area contributed by atoms with Gasteiger partial charge in [-0.15, -0.1) is 20.4 Å². The van der Waals surface area contributed by atoms with Crippen molar-refractivity contribution in [3.63, 3.8) is 0 Å². The molecule has 4 aromatic carbocycles. The van der Waals surface area contributed by atoms with Gasteiger partial charge in [-0.05, 0) is 57.7 Å². The molecular weight excluding hydrogens is 608 g/mol. The zero-order chi connectivity index (χ0) is 32.9. The molecule has 13 nitrogen and oxygen atoms in total. The van der Waals surface area contributed by atoms with Gasteiger partial charge in [0.05, 0.1) is 12.1 Å². The molecule has 0 saturated carbocycles. The number of tetrazole rings is 2. The van der Waals surface area contributed by atoms with Gasteiger partial charge < -0.3 is 20.0 Å². The Morgan fingerprint density at radius 3 is 1.38 bits per heavy atom. The standard InChI is InChI=1S/C35H34N10O3/c46-31-29(19-23-9-3-1-4-10-23)44(21-25-13-7-15-27(17-25)33-36-40-41-37-33)35(48)45(30(32(31)47)20-24-11-5-2-6-12-24)22-26-14-8-16-28(18-26)34-38-42-43-39-34/h1-18,29-32,46-47H,19-22H2,(H,36,37,40,41)(H,38,39,42,43)/t29-,30-,31+,32+/m1/s1. The fourth-order valence-electron chi connectivity index (χ4n) is 6.39. The summed E-state index contributed by atoms with van der Waals surface area (Å²) in [4.78, 5) is 18.4. The average molecular weight is 643 g/mol. The number of carbonyl (C=O) groups is 1. The molecule has 1 fully saturated rings. The van der Waals surface area contributed by atoms with E-state index in [-0.39, 0.29) is 19.1 Å². The van der Waals surface area contributed by atoms with Crippen LogP contribution in [0.1, 0.15) is 22.3 Å². The molecule has 13 heteroatoms. The second-order valence-electron chi connectivity index (χ2n) is 11.9. The van der Waals surface area contributed by atoms with E-state index in [1.165, 1.54) is 0 Å². The van der Waals surface area contributed by atoms with Crippen molar-refractivity contribution in [3.05, 3.63) is 131 Å². The summed E-state index contributed by atoms with van der Waals surface area (Å²) in [5.41, 5.74) is 4.97. The van der Waals surface area contributed by atoms with Gasteiger partial charge in [0.15, 0.2) is 0 Å². The van der Waals surface area contributed by atoms with Gasteiger partial charge in [-0.3, -0.25) is 0 Å². The molecule has 242 valence electrons. The lowest BCUT2D eigenvalue weighted by Crippen LogP contribution is -2.50. The van der Waals surface area contributed by atoms with Crippen LogP contribution in [-0.4, -0.2) is 91.6 Å². The first kappa shape index (κ1) is 30.8. The second kappa shape index (κ2) is 13.9. The van der Waals surface area contributed by atoms with E-state index in [4.69, 9.17) is 0 Å². The number of rotatable bonds is 10. The lowest BCUT2D eigenvalue weighted by molar-refractivity contribution is -0.0408. The number of benzene rings is 4. The SMILES string of the molecule is O=C1N(Cc2cccc(-c3nn[nH]n3)c2)[C@H](Cc2ccccc2)[C@H](O)[C@@H](O)[C@@H](Cc2ccccc2)N1Cc1cccc(-c2nn[nH]n2)c1. The molecule has 6 aromatic rings. The van der Waals surface area contributed by atoms with Crippen LogP contribution in [0.25, 0.3) is 22.8 Å². The van der Waals surface area contributed by atoms with E-state index in [0.29, 0.717) is 24.5 Å². The topological polar surface area (TPSA) is 173 Å². The molecule has 4 atom stereocenters. The fourth-order valence-corrected chi connectivity index (χ4v) is 6.39. The van der Waals surface area contributed by atoms with Crippen LogP contribution in [0, 0.1) is 0 Å². The van der Waals surface area contributed by atoms with Crippen molar-refractivity contribution in [3.8, 4) is 22.8 Å². The summed E-state index contributed by atoms with van der Waals surface area (Å²) >= 11 is 0. The molecule has 0 aliphatic carbocycles. The van der Waals surface area contributed by atoms with E-state index in [1.54, 1.807) is 9.80 Å². The highest BCUT2D eigenvalue weighted by Gasteiger charge is 2.46. The van der Waals surface area contributed by atoms with Gasteiger partial charge in [-0.25, -0.2) is 4.79 Å². The highest BCUT2D eigenvalue weighted by Crippen LogP contribution is 2.31. The lowest BCUT2D eigenvalue weighted by Gasteiger charge is -2.36. The van der Waals surface area contributed by atoms with Gasteiger partial charge >= 0.3 is 6.03 Å². The van der Waals surface area contributed by atoms with Gasteiger partial charge in [-0.2, -0.15) is 10.4 Å². The van der Waals surface area contributed by atoms with Crippen LogP contribution in [0.2, 0.25) is 0 Å². The summed E-state index contributed by atoms with van der Waals surface area (Å²) in [6, 6.07) is 32.8. The van der Waals surface area contributed by atoms with Crippen molar-refractivity contribution >= 4 is 6.03 Å². The smallest absolute Gasteiger partial charge is 0.321 e. The van der Waals surface area contributed by atoms with Crippen molar-refractivity contribution in [2.24, 2.45) is 0 Å². The van der Waals surface area contributed by atoms with Crippen LogP contribution in [0.5, 0.6) is 0 Å². The molecule has 3 heterocycles. The quantitative estimate of drug-likeness (QED) is 0.175. The second-order valence-corrected chi connectivity index (χ2v) is 11.9. The van der Waals surface area contributed by atoms with Crippen molar-refractivity contribution in [2.45, 2.75) is 50.2 Å². The number of H-pyrrole nitrogens is 2. The molecule has 1 aliphatic heterocycles. The monoisotopic (exact) mass is 642 g/mol. The maximum Gasteiger partial charge on any atom is 0.321 e. The van der Waals surface area contributed by atoms with Crippen molar-refractivity contribution in [2.75, 3.05) is 0 Å². The minimum absolute atomic E-state index is 0.170. The first-order valence-electron chi connectivity index (χ1n) is 15.7. The fraction of sp³-hybridized carbons (Fsp3) is 0.229. The number of nitrogens with one attached hydrogen (secondary N) is 2. The molecule has 1 saturated heterocycles. The third-order valence-electron chi connectivity index (χ3n) is 8.77. The Hall–Kier alpha value is -5.79. The summed E-state index contributed by atoms with van der Waals surface area (Å²) < 4.78 is 0. The van der Waals surface area contributed by atoms with Crippen molar-refractivity contribution < 1.29 is 15.0 Å². The van der Waals surface area contributed by atoms with Crippen LogP contribution in [-0.2, 0) is 25.9 Å². The zero-order valence-corrected chi connectivity index (χ0v) is 25.9. The molecule has 4 N–H and O–H groups in total. The van der Waals surface area contributed by atoms with Gasteiger partial charge in [0, 0.05) is 24.2 Å². The minimum atomic E-state index is -1.25. The average Bonchev–Trinajstić information content (AvgIpc) is 3.87. The largest absolute Gasteiger partial charge is 0.388 e. The predicted molar refractivity (Wildman–Crippen MR) is 176 cm³/mol. The first-order valence-corrected chi connectivity index (χ1v) is 15.7. The highest BCUT2D eigenvalue weighted by molar-refractivity contribution is 5.76. The van der Waals surface area contributed by atoms with E-state index >= 15 is 4.79 Å². The van der Waals surface area contributed by atoms with Crippen LogP contribution in [0.4, 0.5) is 4.79 Å². The number of amides is 2. The van der Waals surface area contributed by atoms with Gasteiger partial charge in [0.2, 0.25) is 11.6 Å². The van der Waals surface area contributed by atoms with Crippen LogP contribution in [0.3, 0.4) is 0 Å². The Balaban J connectivity index is 1.30. The van der Waals surface area contributed by atoms with Gasteiger partial charge in [0.25, 0.3) is 0 Å². The number of aromatic amines is 2. The normalized spacial score (nSPS) is 19.8. The van der Waals surface area contributed by atoms with Gasteiger partial charge in [0.1, 0.15) is 12.2 Å². The predicted octanol–water partition coefficient (Wildman–Crippen LogP) is 3.43. The Kier molecular flexibility index (Phi) is 8.94. The minimum Gasteiger partial charge on any atom is -0.388 e. The molecular formula is C35H34N10O3. The summed E-state index contributed by atoms with van der Waals surface area (Å²) in [5.74, 6) is 0.864. The Morgan fingerprint density at radius 1 is 0.562 bits per heavy atom. The van der Waals surface area contributed by atoms with E-state index in [9.17, 15) is 10.2 Å². The number of nitrogens with zero attached hydrogens (tertiary/aromatic N) is 8. The summed E-state index contributed by atoms with van der Waals surface area (Å²) in [6.45, 7) is 0.340. The number of carbonyl (C=O) groups excluding carboxylic acids is 1. The summed E-state index contributed by atoms with van der Waals surface area (Å²) in [5, 5.41) is 52.8. The van der Waals surface area contributed by atoms with Gasteiger partial charge in [-0.1, -0.05) is 97.1 Å². The van der Waals surface area contributed by atoms with Crippen LogP contribution >= 0.6 is 0 Å². The number of aliphatic hydroxyl groups is 2. The molecule has 0 radical (unpaired) electrons. The van der Waals surface area contributed by atoms with Crippen LogP contribution < -0.4 is 0 Å². The molecule has 1 aliphatic rings. The summed E-state index contributed by atoms with van der Waals surface area (Å²) in [6.07, 6.45) is -1.82. The molecule has 0 bridgehead atoms. The number of aliphatic hydroxyl groups excluding tert-OH is 2. The van der Waals surface area contributed by atoms with E-state index in [2.05, 4.69) is 41.2 Å². The first-order chi connectivity index (χ1) is 23.5. The van der Waals surface area contributed by atoms with Crippen molar-refractivity contribution in [1.82, 2.24) is 51.0 Å². The number of hydrogen-bond acceptors (Lipinski definition) is 9. The zero-order valence-electron chi connectivity index (χ0n) is 25.9. The van der Waals surface area contributed by atoms with E-state index in [0.717, 1.165) is 33.4 Å². The van der Waals surface area contributed by atoms with E-state index < -0.39 is 24.3 Å².